The highest BCUT2D eigenvalue weighted by Crippen LogP contribution is 2.31. The summed E-state index contributed by atoms with van der Waals surface area (Å²) >= 11 is 0. The second kappa shape index (κ2) is 8.69. The van der Waals surface area contributed by atoms with Crippen LogP contribution in [0, 0.1) is 17.5 Å². The molecule has 0 unspecified atom stereocenters. The van der Waals surface area contributed by atoms with Gasteiger partial charge in [0.1, 0.15) is 29.5 Å². The highest BCUT2D eigenvalue weighted by molar-refractivity contribution is 6.09. The third kappa shape index (κ3) is 4.56. The van der Waals surface area contributed by atoms with Gasteiger partial charge in [-0.2, -0.15) is 0 Å². The lowest BCUT2D eigenvalue weighted by atomic mass is 9.91. The Hall–Kier alpha value is -3.89. The van der Waals surface area contributed by atoms with E-state index in [-0.39, 0.29) is 5.56 Å². The number of amides is 5. The maximum Gasteiger partial charge on any atom is 0.325 e. The van der Waals surface area contributed by atoms with Crippen molar-refractivity contribution in [2.45, 2.75) is 12.5 Å². The number of anilines is 1. The normalized spacial score (nSPS) is 17.8. The number of urea groups is 1. The number of imide groups is 1. The van der Waals surface area contributed by atoms with E-state index in [4.69, 9.17) is 0 Å². The molecule has 0 saturated carbocycles. The second-order valence-electron chi connectivity index (χ2n) is 7.38. The highest BCUT2D eigenvalue weighted by atomic mass is 19.1. The topological polar surface area (TPSA) is 98.8 Å². The number of carbonyl (C=O) groups excluding carboxylic acids is 4. The molecule has 0 spiro atoms. The number of likely N-dealkylation sites (N-methyl/N-ethyl adjacent to an activating group) is 1. The molecule has 0 radical (unpaired) electrons. The maximum atomic E-state index is 14.2. The molecule has 1 aliphatic rings. The number of halogens is 3. The molecule has 32 heavy (non-hydrogen) atoms. The standard InChI is InChI=1S/C21H19F3N4O4/c1-21(15-9-13(23)5-8-16(15)24)19(31)28(20(32)26-21)11-18(30)27(2)10-17(29)25-14-6-3-12(22)4-7-14/h3-9H,10-11H2,1-2H3,(H,25,29)(H,26,32)/t21-/m0/s1. The Labute approximate surface area is 181 Å². The first-order valence-corrected chi connectivity index (χ1v) is 9.40. The van der Waals surface area contributed by atoms with Gasteiger partial charge in [0.25, 0.3) is 5.91 Å². The van der Waals surface area contributed by atoms with Crippen LogP contribution in [0.4, 0.5) is 23.7 Å². The number of rotatable bonds is 6. The quantitative estimate of drug-likeness (QED) is 0.661. The van der Waals surface area contributed by atoms with Crippen molar-refractivity contribution in [2.75, 3.05) is 25.5 Å². The van der Waals surface area contributed by atoms with Crippen LogP contribution in [0.25, 0.3) is 0 Å². The Kier molecular flexibility index (Phi) is 6.19. The van der Waals surface area contributed by atoms with E-state index < -0.39 is 59.8 Å². The zero-order valence-corrected chi connectivity index (χ0v) is 17.1. The number of nitrogens with one attached hydrogen (secondary N) is 2. The van der Waals surface area contributed by atoms with Crippen LogP contribution in [0.3, 0.4) is 0 Å². The van der Waals surface area contributed by atoms with Crippen LogP contribution >= 0.6 is 0 Å². The smallest absolute Gasteiger partial charge is 0.325 e. The Morgan fingerprint density at radius 1 is 1.06 bits per heavy atom. The van der Waals surface area contributed by atoms with Crippen LogP contribution in [0.15, 0.2) is 42.5 Å². The van der Waals surface area contributed by atoms with Gasteiger partial charge in [-0.05, 0) is 49.4 Å². The van der Waals surface area contributed by atoms with Crippen LogP contribution in [-0.4, -0.2) is 53.7 Å². The predicted molar refractivity (Wildman–Crippen MR) is 107 cm³/mol. The molecule has 0 aromatic heterocycles. The van der Waals surface area contributed by atoms with E-state index in [0.29, 0.717) is 10.6 Å². The Balaban J connectivity index is 1.65. The van der Waals surface area contributed by atoms with Gasteiger partial charge in [-0.1, -0.05) is 0 Å². The van der Waals surface area contributed by atoms with Gasteiger partial charge in [-0.15, -0.1) is 0 Å². The van der Waals surface area contributed by atoms with E-state index in [0.717, 1.165) is 35.2 Å². The van der Waals surface area contributed by atoms with E-state index in [1.165, 1.54) is 26.1 Å². The number of nitrogens with zero attached hydrogens (tertiary/aromatic N) is 2. The van der Waals surface area contributed by atoms with Crippen molar-refractivity contribution in [2.24, 2.45) is 0 Å². The molecule has 1 heterocycles. The molecule has 2 aromatic rings. The van der Waals surface area contributed by atoms with Crippen LogP contribution in [0.1, 0.15) is 12.5 Å². The van der Waals surface area contributed by atoms with Gasteiger partial charge in [0, 0.05) is 18.3 Å². The summed E-state index contributed by atoms with van der Waals surface area (Å²) in [4.78, 5) is 51.3. The maximum absolute atomic E-state index is 14.2. The van der Waals surface area contributed by atoms with Gasteiger partial charge >= 0.3 is 6.03 Å². The summed E-state index contributed by atoms with van der Waals surface area (Å²) in [6.07, 6.45) is 0. The molecule has 1 aliphatic heterocycles. The summed E-state index contributed by atoms with van der Waals surface area (Å²) < 4.78 is 40.7. The molecule has 3 rings (SSSR count). The third-order valence-electron chi connectivity index (χ3n) is 4.97. The molecule has 11 heteroatoms. The summed E-state index contributed by atoms with van der Waals surface area (Å²) in [6, 6.07) is 6.53. The SMILES string of the molecule is CN(CC(=O)Nc1ccc(F)cc1)C(=O)CN1C(=O)N[C@@](C)(c2cc(F)ccc2F)C1=O. The zero-order valence-electron chi connectivity index (χ0n) is 17.1. The highest BCUT2D eigenvalue weighted by Gasteiger charge is 2.51. The predicted octanol–water partition coefficient (Wildman–Crippen LogP) is 1.97. The molecular formula is C21H19F3N4O4. The van der Waals surface area contributed by atoms with Crippen molar-refractivity contribution in [3.63, 3.8) is 0 Å². The number of benzene rings is 2. The van der Waals surface area contributed by atoms with Gasteiger partial charge in [0.05, 0.1) is 6.54 Å². The molecule has 1 saturated heterocycles. The summed E-state index contributed by atoms with van der Waals surface area (Å²) in [6.45, 7) is 0.0859. The fraction of sp³-hybridized carbons (Fsp3) is 0.238. The van der Waals surface area contributed by atoms with Crippen molar-refractivity contribution in [3.05, 3.63) is 65.5 Å². The van der Waals surface area contributed by atoms with Crippen molar-refractivity contribution >= 4 is 29.4 Å². The minimum Gasteiger partial charge on any atom is -0.335 e. The van der Waals surface area contributed by atoms with Gasteiger partial charge in [0.15, 0.2) is 0 Å². The van der Waals surface area contributed by atoms with Crippen molar-refractivity contribution < 1.29 is 32.3 Å². The Morgan fingerprint density at radius 3 is 2.34 bits per heavy atom. The molecule has 2 aromatic carbocycles. The minimum absolute atomic E-state index is 0.319. The first kappa shape index (κ1) is 22.8. The Morgan fingerprint density at radius 2 is 1.69 bits per heavy atom. The lowest BCUT2D eigenvalue weighted by molar-refractivity contribution is -0.139. The van der Waals surface area contributed by atoms with Gasteiger partial charge in [-0.25, -0.2) is 18.0 Å². The van der Waals surface area contributed by atoms with E-state index in [1.807, 2.05) is 0 Å². The third-order valence-corrected chi connectivity index (χ3v) is 4.97. The molecule has 0 bridgehead atoms. The summed E-state index contributed by atoms with van der Waals surface area (Å²) in [7, 11) is 1.29. The lowest BCUT2D eigenvalue weighted by Gasteiger charge is -2.23. The van der Waals surface area contributed by atoms with Gasteiger partial charge in [-0.3, -0.25) is 19.3 Å². The minimum atomic E-state index is -1.90. The van der Waals surface area contributed by atoms with Crippen LogP contribution in [0.2, 0.25) is 0 Å². The molecule has 1 fully saturated rings. The zero-order chi connectivity index (χ0) is 23.6. The number of carbonyl (C=O) groups is 4. The molecule has 168 valence electrons. The van der Waals surface area contributed by atoms with E-state index in [2.05, 4.69) is 10.6 Å². The van der Waals surface area contributed by atoms with Crippen molar-refractivity contribution in [3.8, 4) is 0 Å². The first-order valence-electron chi connectivity index (χ1n) is 9.40. The fourth-order valence-corrected chi connectivity index (χ4v) is 3.20. The van der Waals surface area contributed by atoms with Crippen LogP contribution < -0.4 is 10.6 Å². The monoisotopic (exact) mass is 448 g/mol. The molecule has 2 N–H and O–H groups in total. The largest absolute Gasteiger partial charge is 0.335 e. The molecule has 1 atom stereocenters. The summed E-state index contributed by atoms with van der Waals surface area (Å²) in [5.41, 5.74) is -1.96. The first-order chi connectivity index (χ1) is 15.0. The molecule has 5 amide bonds. The Bertz CT molecular complexity index is 1090. The van der Waals surface area contributed by atoms with Gasteiger partial charge < -0.3 is 15.5 Å². The van der Waals surface area contributed by atoms with Crippen molar-refractivity contribution in [1.29, 1.82) is 0 Å². The average Bonchev–Trinajstić information content (AvgIpc) is 2.95. The molecule has 8 nitrogen and oxygen atoms in total. The van der Waals surface area contributed by atoms with Crippen LogP contribution in [-0.2, 0) is 19.9 Å². The second-order valence-corrected chi connectivity index (χ2v) is 7.38. The number of hydrogen-bond acceptors (Lipinski definition) is 4. The van der Waals surface area contributed by atoms with E-state index >= 15 is 0 Å². The molecule has 0 aliphatic carbocycles. The average molecular weight is 448 g/mol. The summed E-state index contributed by atoms with van der Waals surface area (Å²) in [5.74, 6) is -4.45. The lowest BCUT2D eigenvalue weighted by Crippen LogP contribution is -2.45. The molecular weight excluding hydrogens is 429 g/mol. The van der Waals surface area contributed by atoms with Crippen molar-refractivity contribution in [1.82, 2.24) is 15.1 Å². The van der Waals surface area contributed by atoms with E-state index in [1.54, 1.807) is 0 Å². The van der Waals surface area contributed by atoms with Gasteiger partial charge in [0.2, 0.25) is 11.8 Å². The van der Waals surface area contributed by atoms with E-state index in [9.17, 15) is 32.3 Å². The fourth-order valence-electron chi connectivity index (χ4n) is 3.20. The number of hydrogen-bond donors (Lipinski definition) is 2. The summed E-state index contributed by atoms with van der Waals surface area (Å²) in [5, 5.41) is 4.76. The van der Waals surface area contributed by atoms with Crippen LogP contribution in [0.5, 0.6) is 0 Å².